The van der Waals surface area contributed by atoms with Gasteiger partial charge in [-0.25, -0.2) is 0 Å². The molecule has 1 aromatic rings. The molecule has 0 aliphatic carbocycles. The van der Waals surface area contributed by atoms with Gasteiger partial charge >= 0.3 is 0 Å². The molecule has 2 N–H and O–H groups in total. The first-order valence-corrected chi connectivity index (χ1v) is 4.32. The van der Waals surface area contributed by atoms with Gasteiger partial charge in [0.15, 0.2) is 0 Å². The molecular weight excluding hydrogens is 162 g/mol. The summed E-state index contributed by atoms with van der Waals surface area (Å²) in [6.07, 6.45) is 0. The van der Waals surface area contributed by atoms with Gasteiger partial charge in [-0.3, -0.25) is 0 Å². The van der Waals surface area contributed by atoms with Crippen LogP contribution in [0.25, 0.3) is 5.57 Å². The topological polar surface area (TPSA) is 35.2 Å². The van der Waals surface area contributed by atoms with E-state index in [4.69, 9.17) is 10.5 Å². The Kier molecular flexibility index (Phi) is 2.96. The first-order chi connectivity index (χ1) is 6.13. The van der Waals surface area contributed by atoms with Crippen molar-refractivity contribution in [3.8, 4) is 5.75 Å². The third kappa shape index (κ3) is 2.51. The number of anilines is 1. The van der Waals surface area contributed by atoms with Crippen LogP contribution in [-0.4, -0.2) is 6.61 Å². The van der Waals surface area contributed by atoms with Crippen LogP contribution in [0.4, 0.5) is 5.69 Å². The van der Waals surface area contributed by atoms with Gasteiger partial charge in [0.25, 0.3) is 0 Å². The first-order valence-electron chi connectivity index (χ1n) is 4.32. The van der Waals surface area contributed by atoms with Gasteiger partial charge in [0.05, 0.1) is 6.61 Å². The maximum atomic E-state index is 5.71. The van der Waals surface area contributed by atoms with Crippen molar-refractivity contribution < 1.29 is 4.74 Å². The van der Waals surface area contributed by atoms with Crippen molar-refractivity contribution in [1.29, 1.82) is 0 Å². The average molecular weight is 177 g/mol. The second kappa shape index (κ2) is 3.99. The van der Waals surface area contributed by atoms with Gasteiger partial charge in [-0.2, -0.15) is 0 Å². The Labute approximate surface area is 79.0 Å². The van der Waals surface area contributed by atoms with Crippen LogP contribution in [0.2, 0.25) is 0 Å². The molecule has 0 saturated carbocycles. The van der Waals surface area contributed by atoms with Crippen LogP contribution in [0.5, 0.6) is 5.75 Å². The van der Waals surface area contributed by atoms with E-state index in [1.54, 1.807) is 0 Å². The van der Waals surface area contributed by atoms with E-state index in [0.29, 0.717) is 12.3 Å². The maximum absolute atomic E-state index is 5.71. The Balaban J connectivity index is 3.03. The van der Waals surface area contributed by atoms with Gasteiger partial charge in [0, 0.05) is 11.8 Å². The van der Waals surface area contributed by atoms with Crippen LogP contribution < -0.4 is 10.5 Å². The van der Waals surface area contributed by atoms with E-state index in [0.717, 1.165) is 16.9 Å². The van der Waals surface area contributed by atoms with Gasteiger partial charge < -0.3 is 10.5 Å². The van der Waals surface area contributed by atoms with E-state index >= 15 is 0 Å². The summed E-state index contributed by atoms with van der Waals surface area (Å²) < 4.78 is 5.36. The summed E-state index contributed by atoms with van der Waals surface area (Å²) in [4.78, 5) is 0. The molecule has 0 amide bonds. The quantitative estimate of drug-likeness (QED) is 0.720. The molecular formula is C11H15NO. The lowest BCUT2D eigenvalue weighted by Crippen LogP contribution is -1.94. The van der Waals surface area contributed by atoms with Crippen LogP contribution in [0.15, 0.2) is 24.8 Å². The summed E-state index contributed by atoms with van der Waals surface area (Å²) >= 11 is 0. The van der Waals surface area contributed by atoms with Crippen LogP contribution in [-0.2, 0) is 0 Å². The third-order valence-corrected chi connectivity index (χ3v) is 1.73. The second-order valence-corrected chi connectivity index (χ2v) is 3.00. The molecule has 0 spiro atoms. The van der Waals surface area contributed by atoms with Crippen molar-refractivity contribution in [3.05, 3.63) is 30.3 Å². The fourth-order valence-electron chi connectivity index (χ4n) is 1.12. The van der Waals surface area contributed by atoms with E-state index in [2.05, 4.69) is 6.58 Å². The summed E-state index contributed by atoms with van der Waals surface area (Å²) in [5.74, 6) is 0.806. The highest BCUT2D eigenvalue weighted by molar-refractivity contribution is 5.66. The first kappa shape index (κ1) is 9.65. The molecule has 0 bridgehead atoms. The molecule has 0 unspecified atom stereocenters. The van der Waals surface area contributed by atoms with Crippen molar-refractivity contribution in [1.82, 2.24) is 0 Å². The molecule has 0 radical (unpaired) electrons. The van der Waals surface area contributed by atoms with Crippen LogP contribution in [0, 0.1) is 0 Å². The van der Waals surface area contributed by atoms with E-state index < -0.39 is 0 Å². The molecule has 2 nitrogen and oxygen atoms in total. The van der Waals surface area contributed by atoms with E-state index in [9.17, 15) is 0 Å². The number of nitrogens with two attached hydrogens (primary N) is 1. The van der Waals surface area contributed by atoms with Crippen molar-refractivity contribution in [2.24, 2.45) is 0 Å². The lowest BCUT2D eigenvalue weighted by Gasteiger charge is -2.07. The summed E-state index contributed by atoms with van der Waals surface area (Å²) in [6, 6.07) is 5.66. The zero-order valence-corrected chi connectivity index (χ0v) is 8.13. The highest BCUT2D eigenvalue weighted by atomic mass is 16.5. The molecule has 0 saturated heterocycles. The number of hydrogen-bond donors (Lipinski definition) is 1. The van der Waals surface area contributed by atoms with Crippen molar-refractivity contribution in [3.63, 3.8) is 0 Å². The summed E-state index contributed by atoms with van der Waals surface area (Å²) in [7, 11) is 0. The molecule has 0 aliphatic rings. The SMILES string of the molecule is C=C(C)c1cc(N)cc(OCC)c1. The summed E-state index contributed by atoms with van der Waals surface area (Å²) in [6.45, 7) is 8.41. The summed E-state index contributed by atoms with van der Waals surface area (Å²) in [5.41, 5.74) is 8.44. The molecule has 0 aromatic heterocycles. The van der Waals surface area contributed by atoms with Gasteiger partial charge in [-0.05, 0) is 31.5 Å². The maximum Gasteiger partial charge on any atom is 0.121 e. The predicted octanol–water partition coefficient (Wildman–Crippen LogP) is 2.70. The lowest BCUT2D eigenvalue weighted by atomic mass is 10.1. The fraction of sp³-hybridized carbons (Fsp3) is 0.273. The molecule has 2 heteroatoms. The normalized spacial score (nSPS) is 9.69. The predicted molar refractivity (Wildman–Crippen MR) is 56.7 cm³/mol. The van der Waals surface area contributed by atoms with Crippen LogP contribution in [0.1, 0.15) is 19.4 Å². The number of benzene rings is 1. The fourth-order valence-corrected chi connectivity index (χ4v) is 1.12. The van der Waals surface area contributed by atoms with Crippen molar-refractivity contribution in [2.75, 3.05) is 12.3 Å². The third-order valence-electron chi connectivity index (χ3n) is 1.73. The number of rotatable bonds is 3. The van der Waals surface area contributed by atoms with Gasteiger partial charge in [-0.15, -0.1) is 0 Å². The van der Waals surface area contributed by atoms with Gasteiger partial charge in [-0.1, -0.05) is 12.2 Å². The number of hydrogen-bond acceptors (Lipinski definition) is 2. The minimum absolute atomic E-state index is 0.652. The number of allylic oxidation sites excluding steroid dienone is 1. The van der Waals surface area contributed by atoms with Gasteiger partial charge in [0.1, 0.15) is 5.75 Å². The molecule has 0 heterocycles. The zero-order valence-electron chi connectivity index (χ0n) is 8.13. The van der Waals surface area contributed by atoms with Crippen molar-refractivity contribution in [2.45, 2.75) is 13.8 Å². The van der Waals surface area contributed by atoms with E-state index in [1.807, 2.05) is 32.0 Å². The number of nitrogen functional groups attached to an aromatic ring is 1. The second-order valence-electron chi connectivity index (χ2n) is 3.00. The van der Waals surface area contributed by atoms with Crippen molar-refractivity contribution >= 4 is 11.3 Å². The highest BCUT2D eigenvalue weighted by Gasteiger charge is 1.99. The highest BCUT2D eigenvalue weighted by Crippen LogP contribution is 2.22. The molecule has 70 valence electrons. The molecule has 13 heavy (non-hydrogen) atoms. The Hall–Kier alpha value is -1.44. The Bertz CT molecular complexity index is 318. The smallest absolute Gasteiger partial charge is 0.121 e. The average Bonchev–Trinajstić information content (AvgIpc) is 2.03. The monoisotopic (exact) mass is 177 g/mol. The Morgan fingerprint density at radius 1 is 1.46 bits per heavy atom. The number of ether oxygens (including phenoxy) is 1. The Morgan fingerprint density at radius 2 is 2.15 bits per heavy atom. The Morgan fingerprint density at radius 3 is 2.69 bits per heavy atom. The molecule has 0 fully saturated rings. The van der Waals surface area contributed by atoms with E-state index in [1.165, 1.54) is 0 Å². The van der Waals surface area contributed by atoms with Crippen LogP contribution in [0.3, 0.4) is 0 Å². The zero-order chi connectivity index (χ0) is 9.84. The largest absolute Gasteiger partial charge is 0.494 e. The molecule has 1 rings (SSSR count). The lowest BCUT2D eigenvalue weighted by molar-refractivity contribution is 0.340. The minimum Gasteiger partial charge on any atom is -0.494 e. The molecule has 0 aliphatic heterocycles. The minimum atomic E-state index is 0.652. The standard InChI is InChI=1S/C11H15NO/c1-4-13-11-6-9(8(2)3)5-10(12)7-11/h5-7H,2,4,12H2,1,3H3. The van der Waals surface area contributed by atoms with Crippen LogP contribution >= 0.6 is 0 Å². The molecule has 0 atom stereocenters. The van der Waals surface area contributed by atoms with Gasteiger partial charge in [0.2, 0.25) is 0 Å². The molecule has 1 aromatic carbocycles. The summed E-state index contributed by atoms with van der Waals surface area (Å²) in [5, 5.41) is 0. The van der Waals surface area contributed by atoms with E-state index in [-0.39, 0.29) is 0 Å².